The summed E-state index contributed by atoms with van der Waals surface area (Å²) in [4.78, 5) is 0.433. The van der Waals surface area contributed by atoms with Gasteiger partial charge in [0.25, 0.3) is 0 Å². The van der Waals surface area contributed by atoms with Crippen molar-refractivity contribution in [2.24, 2.45) is 5.73 Å². The molecule has 0 unspecified atom stereocenters. The van der Waals surface area contributed by atoms with E-state index in [1.54, 1.807) is 0 Å². The van der Waals surface area contributed by atoms with Crippen LogP contribution in [0.5, 0.6) is 0 Å². The highest BCUT2D eigenvalue weighted by Crippen LogP contribution is 2.22. The fraction of sp³-hybridized carbons (Fsp3) is 0.188. The van der Waals surface area contributed by atoms with Gasteiger partial charge in [0.1, 0.15) is 4.99 Å². The van der Waals surface area contributed by atoms with Gasteiger partial charge in [0.05, 0.1) is 0 Å². The first-order valence-electron chi connectivity index (χ1n) is 6.36. The van der Waals surface area contributed by atoms with E-state index < -0.39 is 0 Å². The number of nitrogens with two attached hydrogens (primary N) is 1. The van der Waals surface area contributed by atoms with Gasteiger partial charge < -0.3 is 11.1 Å². The predicted molar refractivity (Wildman–Crippen MR) is 86.2 cm³/mol. The van der Waals surface area contributed by atoms with Crippen LogP contribution in [0.4, 0.5) is 11.4 Å². The van der Waals surface area contributed by atoms with Crippen LogP contribution in [0, 0.1) is 6.92 Å². The summed E-state index contributed by atoms with van der Waals surface area (Å²) in [5, 5.41) is 3.43. The summed E-state index contributed by atoms with van der Waals surface area (Å²) >= 11 is 4.98. The molecule has 2 aromatic carbocycles. The van der Waals surface area contributed by atoms with E-state index in [4.69, 9.17) is 18.0 Å². The van der Waals surface area contributed by atoms with Crippen LogP contribution in [0.25, 0.3) is 0 Å². The van der Waals surface area contributed by atoms with E-state index in [0.717, 1.165) is 28.9 Å². The van der Waals surface area contributed by atoms with Gasteiger partial charge in [-0.2, -0.15) is 0 Å². The molecule has 98 valence electrons. The molecule has 0 aliphatic carbocycles. The van der Waals surface area contributed by atoms with Gasteiger partial charge in [-0.05, 0) is 54.8 Å². The van der Waals surface area contributed by atoms with Crippen LogP contribution in [-0.2, 0) is 6.42 Å². The molecule has 0 spiro atoms. The molecule has 2 rings (SSSR count). The largest absolute Gasteiger partial charge is 0.389 e. The van der Waals surface area contributed by atoms with E-state index in [1.165, 1.54) is 5.56 Å². The van der Waals surface area contributed by atoms with Crippen LogP contribution in [-0.4, -0.2) is 4.99 Å². The molecule has 3 N–H and O–H groups in total. The quantitative estimate of drug-likeness (QED) is 0.827. The fourth-order valence-corrected chi connectivity index (χ4v) is 2.11. The lowest BCUT2D eigenvalue weighted by Gasteiger charge is -2.11. The molecule has 0 saturated carbocycles. The Labute approximate surface area is 119 Å². The number of aryl methyl sites for hydroxylation is 2. The van der Waals surface area contributed by atoms with Crippen molar-refractivity contribution in [3.05, 3.63) is 59.2 Å². The second kappa shape index (κ2) is 5.85. The highest BCUT2D eigenvalue weighted by atomic mass is 32.1. The van der Waals surface area contributed by atoms with E-state index in [9.17, 15) is 0 Å². The number of thiocarbonyl (C=S) groups is 1. The average Bonchev–Trinajstić information content (AvgIpc) is 2.41. The number of hydrogen-bond donors (Lipinski definition) is 2. The minimum absolute atomic E-state index is 0.433. The van der Waals surface area contributed by atoms with Gasteiger partial charge in [0.2, 0.25) is 0 Å². The third-order valence-electron chi connectivity index (χ3n) is 3.13. The predicted octanol–water partition coefficient (Wildman–Crippen LogP) is 3.94. The van der Waals surface area contributed by atoms with Crippen molar-refractivity contribution in [2.75, 3.05) is 5.32 Å². The zero-order valence-corrected chi connectivity index (χ0v) is 12.1. The van der Waals surface area contributed by atoms with Crippen molar-refractivity contribution in [3.63, 3.8) is 0 Å². The number of anilines is 2. The molecule has 0 radical (unpaired) electrons. The minimum atomic E-state index is 0.433. The Morgan fingerprint density at radius 2 is 2.00 bits per heavy atom. The van der Waals surface area contributed by atoms with Crippen molar-refractivity contribution in [1.82, 2.24) is 0 Å². The minimum Gasteiger partial charge on any atom is -0.389 e. The maximum Gasteiger partial charge on any atom is 0.103 e. The summed E-state index contributed by atoms with van der Waals surface area (Å²) in [6, 6.07) is 14.4. The zero-order chi connectivity index (χ0) is 13.8. The molecular weight excluding hydrogens is 252 g/mol. The topological polar surface area (TPSA) is 38.0 Å². The number of benzene rings is 2. The molecule has 0 atom stereocenters. The summed E-state index contributed by atoms with van der Waals surface area (Å²) in [5.74, 6) is 0. The summed E-state index contributed by atoms with van der Waals surface area (Å²) < 4.78 is 0. The van der Waals surface area contributed by atoms with Gasteiger partial charge in [-0.3, -0.25) is 0 Å². The second-order valence-electron chi connectivity index (χ2n) is 4.57. The highest BCUT2D eigenvalue weighted by molar-refractivity contribution is 7.80. The van der Waals surface area contributed by atoms with E-state index in [1.807, 2.05) is 25.1 Å². The number of nitrogens with one attached hydrogen (secondary N) is 1. The average molecular weight is 270 g/mol. The molecule has 19 heavy (non-hydrogen) atoms. The first-order chi connectivity index (χ1) is 9.10. The molecule has 3 heteroatoms. The molecule has 0 aromatic heterocycles. The standard InChI is InChI=1S/C16H18N2S/c1-3-12-5-4-6-14(10-12)18-15-8-7-13(16(17)19)9-11(15)2/h4-10,18H,3H2,1-2H3,(H2,17,19). The van der Waals surface area contributed by atoms with E-state index in [0.29, 0.717) is 4.99 Å². The molecule has 0 amide bonds. The molecule has 2 aromatic rings. The third kappa shape index (κ3) is 3.32. The number of rotatable bonds is 4. The lowest BCUT2D eigenvalue weighted by Crippen LogP contribution is -2.09. The van der Waals surface area contributed by atoms with Crippen molar-refractivity contribution in [1.29, 1.82) is 0 Å². The van der Waals surface area contributed by atoms with Crippen LogP contribution < -0.4 is 11.1 Å². The fourth-order valence-electron chi connectivity index (χ4n) is 1.98. The van der Waals surface area contributed by atoms with Gasteiger partial charge >= 0.3 is 0 Å². The van der Waals surface area contributed by atoms with Gasteiger partial charge in [-0.1, -0.05) is 31.3 Å². The lowest BCUT2D eigenvalue weighted by molar-refractivity contribution is 1.14. The van der Waals surface area contributed by atoms with Crippen molar-refractivity contribution in [3.8, 4) is 0 Å². The Morgan fingerprint density at radius 3 is 2.63 bits per heavy atom. The SMILES string of the molecule is CCc1cccc(Nc2ccc(C(N)=S)cc2C)c1. The normalized spacial score (nSPS) is 10.2. The molecule has 0 aliphatic heterocycles. The Bertz CT molecular complexity index is 605. The molecule has 0 fully saturated rings. The molecule has 0 bridgehead atoms. The van der Waals surface area contributed by atoms with Crippen LogP contribution in [0.2, 0.25) is 0 Å². The van der Waals surface area contributed by atoms with Crippen molar-refractivity contribution >= 4 is 28.6 Å². The van der Waals surface area contributed by atoms with Gasteiger partial charge in [0.15, 0.2) is 0 Å². The third-order valence-corrected chi connectivity index (χ3v) is 3.36. The van der Waals surface area contributed by atoms with E-state index in [-0.39, 0.29) is 0 Å². The molecule has 2 nitrogen and oxygen atoms in total. The van der Waals surface area contributed by atoms with Crippen LogP contribution >= 0.6 is 12.2 Å². The molecule has 0 heterocycles. The lowest BCUT2D eigenvalue weighted by atomic mass is 10.1. The summed E-state index contributed by atoms with van der Waals surface area (Å²) in [6.07, 6.45) is 1.04. The van der Waals surface area contributed by atoms with E-state index in [2.05, 4.69) is 36.5 Å². The molecule has 0 aliphatic rings. The zero-order valence-electron chi connectivity index (χ0n) is 11.2. The summed E-state index contributed by atoms with van der Waals surface area (Å²) in [7, 11) is 0. The molecular formula is C16H18N2S. The van der Waals surface area contributed by atoms with Crippen LogP contribution in [0.3, 0.4) is 0 Å². The Hall–Kier alpha value is -1.87. The Balaban J connectivity index is 2.25. The van der Waals surface area contributed by atoms with Crippen molar-refractivity contribution < 1.29 is 0 Å². The Kier molecular flexibility index (Phi) is 4.17. The van der Waals surface area contributed by atoms with E-state index >= 15 is 0 Å². The van der Waals surface area contributed by atoms with Gasteiger partial charge in [0, 0.05) is 16.9 Å². The maximum absolute atomic E-state index is 5.63. The second-order valence-corrected chi connectivity index (χ2v) is 5.01. The number of hydrogen-bond acceptors (Lipinski definition) is 2. The van der Waals surface area contributed by atoms with Gasteiger partial charge in [-0.25, -0.2) is 0 Å². The highest BCUT2D eigenvalue weighted by Gasteiger charge is 2.03. The molecule has 0 saturated heterocycles. The van der Waals surface area contributed by atoms with Crippen molar-refractivity contribution in [2.45, 2.75) is 20.3 Å². The first kappa shape index (κ1) is 13.6. The monoisotopic (exact) mass is 270 g/mol. The summed E-state index contributed by atoms with van der Waals surface area (Å²) in [6.45, 7) is 4.20. The smallest absolute Gasteiger partial charge is 0.103 e. The van der Waals surface area contributed by atoms with Gasteiger partial charge in [-0.15, -0.1) is 0 Å². The Morgan fingerprint density at radius 1 is 1.21 bits per heavy atom. The first-order valence-corrected chi connectivity index (χ1v) is 6.77. The summed E-state index contributed by atoms with van der Waals surface area (Å²) in [5.41, 5.74) is 11.2. The maximum atomic E-state index is 5.63. The van der Waals surface area contributed by atoms with Crippen LogP contribution in [0.15, 0.2) is 42.5 Å². The van der Waals surface area contributed by atoms with Crippen LogP contribution in [0.1, 0.15) is 23.6 Å².